The summed E-state index contributed by atoms with van der Waals surface area (Å²) in [6.45, 7) is 1.04. The van der Waals surface area contributed by atoms with Crippen LogP contribution in [-0.4, -0.2) is 36.4 Å². The molecule has 31 heavy (non-hydrogen) atoms. The second kappa shape index (κ2) is 8.47. The Morgan fingerprint density at radius 1 is 1.13 bits per heavy atom. The Morgan fingerprint density at radius 2 is 1.97 bits per heavy atom. The SMILES string of the molecule is CNc1ccc(Cl)cc1C1=CC(C2=CC=C3CC(=C2)OCO3)N(c2ncccn2)CC1. The van der Waals surface area contributed by atoms with E-state index >= 15 is 0 Å². The van der Waals surface area contributed by atoms with E-state index in [0.29, 0.717) is 12.4 Å². The van der Waals surface area contributed by atoms with Gasteiger partial charge >= 0.3 is 0 Å². The Bertz CT molecular complexity index is 1110. The lowest BCUT2D eigenvalue weighted by atomic mass is 9.91. The van der Waals surface area contributed by atoms with Gasteiger partial charge in [-0.3, -0.25) is 0 Å². The van der Waals surface area contributed by atoms with E-state index in [1.807, 2.05) is 37.4 Å². The predicted octanol–water partition coefficient (Wildman–Crippen LogP) is 4.94. The number of rotatable bonds is 4. The Hall–Kier alpha value is -3.25. The number of nitrogens with zero attached hydrogens (tertiary/aromatic N) is 3. The third-order valence-corrected chi connectivity index (χ3v) is 5.93. The molecule has 6 nitrogen and oxygen atoms in total. The summed E-state index contributed by atoms with van der Waals surface area (Å²) in [5, 5.41) is 4.01. The van der Waals surface area contributed by atoms with Gasteiger partial charge in [0.1, 0.15) is 11.5 Å². The highest BCUT2D eigenvalue weighted by atomic mass is 35.5. The largest absolute Gasteiger partial charge is 0.461 e. The molecule has 1 atom stereocenters. The van der Waals surface area contributed by atoms with Crippen molar-refractivity contribution in [2.75, 3.05) is 30.6 Å². The van der Waals surface area contributed by atoms with Gasteiger partial charge in [0, 0.05) is 42.3 Å². The number of hydrogen-bond acceptors (Lipinski definition) is 6. The highest BCUT2D eigenvalue weighted by Crippen LogP contribution is 2.36. The molecule has 3 aliphatic rings. The number of allylic oxidation sites excluding steroid dienone is 2. The van der Waals surface area contributed by atoms with Crippen molar-refractivity contribution in [2.45, 2.75) is 18.9 Å². The van der Waals surface area contributed by atoms with Crippen LogP contribution in [0.3, 0.4) is 0 Å². The maximum absolute atomic E-state index is 6.34. The van der Waals surface area contributed by atoms with E-state index in [-0.39, 0.29) is 12.8 Å². The van der Waals surface area contributed by atoms with Crippen LogP contribution < -0.4 is 10.2 Å². The lowest BCUT2D eigenvalue weighted by Crippen LogP contribution is -2.40. The molecule has 1 saturated heterocycles. The van der Waals surface area contributed by atoms with E-state index in [1.165, 1.54) is 5.57 Å². The number of aromatic nitrogens is 2. The number of nitrogens with one attached hydrogen (secondary N) is 1. The van der Waals surface area contributed by atoms with Crippen molar-refractivity contribution in [3.8, 4) is 0 Å². The van der Waals surface area contributed by atoms with Crippen molar-refractivity contribution in [3.05, 3.63) is 88.6 Å². The number of fused-ring (bicyclic) bond motifs is 2. The highest BCUT2D eigenvalue weighted by molar-refractivity contribution is 6.30. The Kier molecular flexibility index (Phi) is 5.38. The summed E-state index contributed by atoms with van der Waals surface area (Å²) in [7, 11) is 1.93. The van der Waals surface area contributed by atoms with Gasteiger partial charge in [0.2, 0.25) is 12.7 Å². The summed E-state index contributed by atoms with van der Waals surface area (Å²) in [4.78, 5) is 11.3. The number of anilines is 2. The molecule has 0 spiro atoms. The van der Waals surface area contributed by atoms with Gasteiger partial charge in [-0.15, -0.1) is 0 Å². The molecule has 2 aliphatic heterocycles. The highest BCUT2D eigenvalue weighted by Gasteiger charge is 2.29. The van der Waals surface area contributed by atoms with Crippen LogP contribution in [0.2, 0.25) is 5.02 Å². The number of ether oxygens (including phenoxy) is 2. The minimum atomic E-state index is -0.0536. The summed E-state index contributed by atoms with van der Waals surface area (Å²) >= 11 is 6.34. The van der Waals surface area contributed by atoms with E-state index in [2.05, 4.69) is 38.4 Å². The van der Waals surface area contributed by atoms with Crippen LogP contribution >= 0.6 is 11.6 Å². The predicted molar refractivity (Wildman–Crippen MR) is 123 cm³/mol. The molecule has 0 saturated carbocycles. The van der Waals surface area contributed by atoms with E-state index in [4.69, 9.17) is 21.1 Å². The molecule has 1 unspecified atom stereocenters. The monoisotopic (exact) mass is 434 g/mol. The molecular formula is C24H23ClN4O2. The molecule has 1 N–H and O–H groups in total. The number of benzene rings is 1. The second-order valence-electron chi connectivity index (χ2n) is 7.56. The van der Waals surface area contributed by atoms with Crippen LogP contribution in [0.15, 0.2) is 78.1 Å². The fourth-order valence-electron chi connectivity index (χ4n) is 4.17. The summed E-state index contributed by atoms with van der Waals surface area (Å²) in [6.07, 6.45) is 13.6. The van der Waals surface area contributed by atoms with Crippen molar-refractivity contribution in [3.63, 3.8) is 0 Å². The fraction of sp³-hybridized carbons (Fsp3) is 0.250. The molecule has 1 aromatic carbocycles. The molecule has 3 heterocycles. The molecule has 0 radical (unpaired) electrons. The first-order valence-electron chi connectivity index (χ1n) is 10.3. The minimum absolute atomic E-state index is 0.0536. The molecule has 5 rings (SSSR count). The zero-order valence-electron chi connectivity index (χ0n) is 17.2. The molecule has 158 valence electrons. The quantitative estimate of drug-likeness (QED) is 0.735. The van der Waals surface area contributed by atoms with Gasteiger partial charge < -0.3 is 19.7 Å². The Balaban J connectivity index is 1.61. The fourth-order valence-corrected chi connectivity index (χ4v) is 4.34. The molecule has 1 aromatic heterocycles. The van der Waals surface area contributed by atoms with Crippen LogP contribution in [0.1, 0.15) is 18.4 Å². The molecule has 2 bridgehead atoms. The minimum Gasteiger partial charge on any atom is -0.461 e. The van der Waals surface area contributed by atoms with Gasteiger partial charge in [0.05, 0.1) is 12.5 Å². The summed E-state index contributed by atoms with van der Waals surface area (Å²) < 4.78 is 11.3. The second-order valence-corrected chi connectivity index (χ2v) is 8.00. The molecule has 1 fully saturated rings. The first kappa shape index (κ1) is 19.7. The third kappa shape index (κ3) is 4.03. The summed E-state index contributed by atoms with van der Waals surface area (Å²) in [5.41, 5.74) is 4.52. The van der Waals surface area contributed by atoms with E-state index in [1.54, 1.807) is 12.4 Å². The van der Waals surface area contributed by atoms with Crippen LogP contribution in [0.5, 0.6) is 0 Å². The van der Waals surface area contributed by atoms with Crippen molar-refractivity contribution in [1.82, 2.24) is 9.97 Å². The van der Waals surface area contributed by atoms with Crippen LogP contribution in [0.25, 0.3) is 5.57 Å². The number of hydrogen-bond donors (Lipinski definition) is 1. The van der Waals surface area contributed by atoms with Crippen LogP contribution in [0.4, 0.5) is 11.6 Å². The average molecular weight is 435 g/mol. The van der Waals surface area contributed by atoms with Gasteiger partial charge in [-0.05, 0) is 54.0 Å². The van der Waals surface area contributed by atoms with Crippen molar-refractivity contribution >= 4 is 28.8 Å². The molecule has 0 amide bonds. The van der Waals surface area contributed by atoms with Gasteiger partial charge in [-0.1, -0.05) is 23.8 Å². The van der Waals surface area contributed by atoms with E-state index in [0.717, 1.165) is 46.3 Å². The molecule has 2 aromatic rings. The van der Waals surface area contributed by atoms with E-state index < -0.39 is 0 Å². The average Bonchev–Trinajstić information content (AvgIpc) is 2.96. The van der Waals surface area contributed by atoms with Gasteiger partial charge in [0.25, 0.3) is 0 Å². The van der Waals surface area contributed by atoms with E-state index in [9.17, 15) is 0 Å². The summed E-state index contributed by atoms with van der Waals surface area (Å²) in [6, 6.07) is 7.73. The van der Waals surface area contributed by atoms with Gasteiger partial charge in [-0.25, -0.2) is 9.97 Å². The first-order chi connectivity index (χ1) is 15.2. The van der Waals surface area contributed by atoms with Crippen molar-refractivity contribution in [2.24, 2.45) is 0 Å². The van der Waals surface area contributed by atoms with Crippen molar-refractivity contribution in [1.29, 1.82) is 0 Å². The van der Waals surface area contributed by atoms with Gasteiger partial charge in [0.15, 0.2) is 0 Å². The zero-order chi connectivity index (χ0) is 21.2. The molecular weight excluding hydrogens is 412 g/mol. The zero-order valence-corrected chi connectivity index (χ0v) is 18.0. The lowest BCUT2D eigenvalue weighted by molar-refractivity contribution is -0.0208. The normalized spacial score (nSPS) is 20.3. The topological polar surface area (TPSA) is 59.5 Å². The molecule has 1 aliphatic carbocycles. The maximum Gasteiger partial charge on any atom is 0.229 e. The van der Waals surface area contributed by atoms with Gasteiger partial charge in [-0.2, -0.15) is 0 Å². The van der Waals surface area contributed by atoms with Crippen LogP contribution in [0, 0.1) is 0 Å². The Morgan fingerprint density at radius 3 is 2.81 bits per heavy atom. The third-order valence-electron chi connectivity index (χ3n) is 5.69. The smallest absolute Gasteiger partial charge is 0.229 e. The van der Waals surface area contributed by atoms with Crippen molar-refractivity contribution < 1.29 is 9.47 Å². The number of halogens is 1. The lowest BCUT2D eigenvalue weighted by Gasteiger charge is -2.36. The maximum atomic E-state index is 6.34. The Labute approximate surface area is 186 Å². The molecule has 7 heteroatoms. The standard InChI is InChI=1S/C24H23ClN4O2/c1-26-22-6-4-18(25)13-21(22)16-7-10-29(24-27-8-2-9-28-24)23(12-16)17-3-5-19-14-20(11-17)31-15-30-19/h2-6,8-9,11-13,23,26H,7,10,14-15H2,1H3. The summed E-state index contributed by atoms with van der Waals surface area (Å²) in [5.74, 6) is 2.54. The van der Waals surface area contributed by atoms with Crippen LogP contribution in [-0.2, 0) is 9.47 Å². The first-order valence-corrected chi connectivity index (χ1v) is 10.7.